The van der Waals surface area contributed by atoms with E-state index in [0.717, 1.165) is 5.88 Å². The fraction of sp³-hybridized carbons (Fsp3) is 1.00. The van der Waals surface area contributed by atoms with Crippen LogP contribution in [-0.4, -0.2) is 5.88 Å². The largest absolute Gasteiger partial charge is 0.126 e. The molecule has 0 aliphatic rings. The minimum atomic E-state index is 0.353. The Morgan fingerprint density at radius 3 is 2.00 bits per heavy atom. The van der Waals surface area contributed by atoms with Gasteiger partial charge in [0.15, 0.2) is 0 Å². The average Bonchev–Trinajstić information content (AvgIpc) is 2.22. The van der Waals surface area contributed by atoms with Gasteiger partial charge in [0.1, 0.15) is 0 Å². The maximum Gasteiger partial charge on any atom is 0.0279 e. The van der Waals surface area contributed by atoms with E-state index < -0.39 is 0 Å². The summed E-state index contributed by atoms with van der Waals surface area (Å²) in [5.41, 5.74) is 0.353. The summed E-state index contributed by atoms with van der Waals surface area (Å²) in [6.07, 6.45) is 9.59. The number of alkyl halides is 1. The summed E-state index contributed by atoms with van der Waals surface area (Å²) in [6.45, 7) is 9.18. The van der Waals surface area contributed by atoms with Crippen LogP contribution in [0.2, 0.25) is 0 Å². The Bertz CT molecular complexity index is 142. The first-order valence-electron chi connectivity index (χ1n) is 6.62. The van der Waals surface area contributed by atoms with Crippen molar-refractivity contribution in [3.05, 3.63) is 0 Å². The Balaban J connectivity index is 3.55. The third-order valence-corrected chi connectivity index (χ3v) is 4.41. The zero-order valence-corrected chi connectivity index (χ0v) is 11.9. The van der Waals surface area contributed by atoms with Crippen molar-refractivity contribution < 1.29 is 0 Å². The van der Waals surface area contributed by atoms with Gasteiger partial charge in [0.25, 0.3) is 0 Å². The zero-order valence-electron chi connectivity index (χ0n) is 11.1. The van der Waals surface area contributed by atoms with Crippen molar-refractivity contribution in [2.24, 2.45) is 11.3 Å². The monoisotopic (exact) mass is 232 g/mol. The summed E-state index contributed by atoms with van der Waals surface area (Å²) in [5, 5.41) is 0. The zero-order chi connectivity index (χ0) is 11.7. The minimum Gasteiger partial charge on any atom is -0.126 e. The molecule has 0 aromatic heterocycles. The predicted molar refractivity (Wildman–Crippen MR) is 71.7 cm³/mol. The average molecular weight is 233 g/mol. The summed E-state index contributed by atoms with van der Waals surface area (Å²) in [6, 6.07) is 0. The first-order valence-corrected chi connectivity index (χ1v) is 7.16. The summed E-state index contributed by atoms with van der Waals surface area (Å²) in [7, 11) is 0. The molecule has 0 aliphatic heterocycles. The van der Waals surface area contributed by atoms with E-state index in [1.165, 1.54) is 44.9 Å². The quantitative estimate of drug-likeness (QED) is 0.357. The SMILES string of the molecule is CCCCCCCCC(C)(CCl)C(C)C. The molecule has 0 aromatic rings. The second-order valence-corrected chi connectivity index (χ2v) is 5.73. The van der Waals surface area contributed by atoms with E-state index in [-0.39, 0.29) is 0 Å². The highest BCUT2D eigenvalue weighted by Crippen LogP contribution is 2.34. The molecule has 0 amide bonds. The molecule has 1 unspecified atom stereocenters. The highest BCUT2D eigenvalue weighted by Gasteiger charge is 2.26. The molecule has 0 rings (SSSR count). The Kier molecular flexibility index (Phi) is 8.61. The van der Waals surface area contributed by atoms with Gasteiger partial charge in [-0.2, -0.15) is 0 Å². The van der Waals surface area contributed by atoms with Gasteiger partial charge in [-0.3, -0.25) is 0 Å². The van der Waals surface area contributed by atoms with Crippen LogP contribution >= 0.6 is 11.6 Å². The topological polar surface area (TPSA) is 0 Å². The molecule has 1 atom stereocenters. The number of halogens is 1. The second-order valence-electron chi connectivity index (χ2n) is 5.46. The van der Waals surface area contributed by atoms with Crippen molar-refractivity contribution in [2.45, 2.75) is 72.6 Å². The molecule has 0 fully saturated rings. The molecule has 0 saturated carbocycles. The van der Waals surface area contributed by atoms with Gasteiger partial charge < -0.3 is 0 Å². The summed E-state index contributed by atoms with van der Waals surface area (Å²) in [4.78, 5) is 0. The van der Waals surface area contributed by atoms with Crippen LogP contribution in [0.1, 0.15) is 72.6 Å². The molecule has 0 aliphatic carbocycles. The molecule has 0 heterocycles. The van der Waals surface area contributed by atoms with Crippen molar-refractivity contribution in [3.63, 3.8) is 0 Å². The fourth-order valence-corrected chi connectivity index (χ4v) is 2.26. The first kappa shape index (κ1) is 15.3. The molecule has 0 nitrogen and oxygen atoms in total. The van der Waals surface area contributed by atoms with E-state index in [1.807, 2.05) is 0 Å². The summed E-state index contributed by atoms with van der Waals surface area (Å²) >= 11 is 6.07. The van der Waals surface area contributed by atoms with Crippen molar-refractivity contribution in [3.8, 4) is 0 Å². The van der Waals surface area contributed by atoms with Crippen LogP contribution in [0.25, 0.3) is 0 Å². The summed E-state index contributed by atoms with van der Waals surface area (Å²) < 4.78 is 0. The molecule has 0 N–H and O–H groups in total. The molecule has 0 aromatic carbocycles. The first-order chi connectivity index (χ1) is 7.06. The predicted octanol–water partition coefficient (Wildman–Crippen LogP) is 5.64. The molecular formula is C14H29Cl. The molecule has 15 heavy (non-hydrogen) atoms. The van der Waals surface area contributed by atoms with Gasteiger partial charge in [0.2, 0.25) is 0 Å². The van der Waals surface area contributed by atoms with Crippen molar-refractivity contribution in [1.82, 2.24) is 0 Å². The Morgan fingerprint density at radius 2 is 1.53 bits per heavy atom. The van der Waals surface area contributed by atoms with Gasteiger partial charge in [0.05, 0.1) is 0 Å². The van der Waals surface area contributed by atoms with E-state index in [9.17, 15) is 0 Å². The highest BCUT2D eigenvalue weighted by atomic mass is 35.5. The lowest BCUT2D eigenvalue weighted by Gasteiger charge is -2.31. The van der Waals surface area contributed by atoms with E-state index in [4.69, 9.17) is 11.6 Å². The lowest BCUT2D eigenvalue weighted by Crippen LogP contribution is -2.25. The maximum atomic E-state index is 6.07. The van der Waals surface area contributed by atoms with Crippen LogP contribution in [0, 0.1) is 11.3 Å². The normalized spacial score (nSPS) is 15.6. The Hall–Kier alpha value is 0.290. The molecule has 0 bridgehead atoms. The number of rotatable bonds is 9. The van der Waals surface area contributed by atoms with Gasteiger partial charge >= 0.3 is 0 Å². The molecule has 1 heteroatoms. The van der Waals surface area contributed by atoms with E-state index in [1.54, 1.807) is 0 Å². The molecule has 0 radical (unpaired) electrons. The number of hydrogen-bond acceptors (Lipinski definition) is 0. The Morgan fingerprint density at radius 1 is 1.00 bits per heavy atom. The lowest BCUT2D eigenvalue weighted by atomic mass is 9.77. The second kappa shape index (κ2) is 8.44. The van der Waals surface area contributed by atoms with Gasteiger partial charge in [-0.1, -0.05) is 66.2 Å². The minimum absolute atomic E-state index is 0.353. The van der Waals surface area contributed by atoms with E-state index in [0.29, 0.717) is 11.3 Å². The summed E-state index contributed by atoms with van der Waals surface area (Å²) in [5.74, 6) is 1.50. The number of hydrogen-bond donors (Lipinski definition) is 0. The van der Waals surface area contributed by atoms with Crippen LogP contribution in [0.5, 0.6) is 0 Å². The van der Waals surface area contributed by atoms with Crippen molar-refractivity contribution in [2.75, 3.05) is 5.88 Å². The molecule has 0 saturated heterocycles. The highest BCUT2D eigenvalue weighted by molar-refractivity contribution is 6.18. The van der Waals surface area contributed by atoms with Gasteiger partial charge in [-0.05, 0) is 17.8 Å². The van der Waals surface area contributed by atoms with Crippen LogP contribution in [0.15, 0.2) is 0 Å². The Labute approximate surface area is 102 Å². The van der Waals surface area contributed by atoms with Crippen LogP contribution in [0.4, 0.5) is 0 Å². The van der Waals surface area contributed by atoms with Gasteiger partial charge in [-0.25, -0.2) is 0 Å². The van der Waals surface area contributed by atoms with Gasteiger partial charge in [0, 0.05) is 5.88 Å². The smallest absolute Gasteiger partial charge is 0.0279 e. The maximum absolute atomic E-state index is 6.07. The van der Waals surface area contributed by atoms with Crippen LogP contribution < -0.4 is 0 Å². The van der Waals surface area contributed by atoms with Crippen LogP contribution in [0.3, 0.4) is 0 Å². The standard InChI is InChI=1S/C14H29Cl/c1-5-6-7-8-9-10-11-14(4,12-15)13(2)3/h13H,5-12H2,1-4H3. The lowest BCUT2D eigenvalue weighted by molar-refractivity contribution is 0.226. The molecule has 0 spiro atoms. The van der Waals surface area contributed by atoms with Crippen molar-refractivity contribution >= 4 is 11.6 Å². The molecule has 92 valence electrons. The molecular weight excluding hydrogens is 204 g/mol. The van der Waals surface area contributed by atoms with E-state index in [2.05, 4.69) is 27.7 Å². The fourth-order valence-electron chi connectivity index (χ4n) is 1.82. The number of unbranched alkanes of at least 4 members (excludes halogenated alkanes) is 5. The third-order valence-electron chi connectivity index (χ3n) is 3.80. The van der Waals surface area contributed by atoms with Gasteiger partial charge in [-0.15, -0.1) is 11.6 Å². The third kappa shape index (κ3) is 6.45. The van der Waals surface area contributed by atoms with Crippen LogP contribution in [-0.2, 0) is 0 Å². The van der Waals surface area contributed by atoms with Crippen molar-refractivity contribution in [1.29, 1.82) is 0 Å². The van der Waals surface area contributed by atoms with E-state index >= 15 is 0 Å².